The minimum absolute atomic E-state index is 0.0452. The van der Waals surface area contributed by atoms with Gasteiger partial charge in [-0.3, -0.25) is 14.6 Å². The highest BCUT2D eigenvalue weighted by Crippen LogP contribution is 2.22. The molecule has 1 saturated heterocycles. The normalized spacial score (nSPS) is 15.1. The SMILES string of the molecule is Cc1cc(C(=O)N2CCCN(C(=O)c3cnccn3)CC2)c(C)n1C(C)C. The van der Waals surface area contributed by atoms with E-state index in [1.807, 2.05) is 24.8 Å². The monoisotopic (exact) mass is 369 g/mol. The van der Waals surface area contributed by atoms with Crippen LogP contribution in [0.3, 0.4) is 0 Å². The van der Waals surface area contributed by atoms with Gasteiger partial charge < -0.3 is 14.4 Å². The fraction of sp³-hybridized carbons (Fsp3) is 0.500. The fourth-order valence-electron chi connectivity index (χ4n) is 3.85. The van der Waals surface area contributed by atoms with Gasteiger partial charge in [0.25, 0.3) is 11.8 Å². The smallest absolute Gasteiger partial charge is 0.274 e. The molecule has 7 heteroatoms. The lowest BCUT2D eigenvalue weighted by molar-refractivity contribution is 0.0715. The summed E-state index contributed by atoms with van der Waals surface area (Å²) in [7, 11) is 0. The van der Waals surface area contributed by atoms with Gasteiger partial charge in [0, 0.05) is 56.0 Å². The quantitative estimate of drug-likeness (QED) is 0.833. The summed E-state index contributed by atoms with van der Waals surface area (Å²) in [6, 6.07) is 2.29. The summed E-state index contributed by atoms with van der Waals surface area (Å²) in [5.74, 6) is -0.0841. The molecule has 3 heterocycles. The predicted molar refractivity (Wildman–Crippen MR) is 103 cm³/mol. The van der Waals surface area contributed by atoms with Crippen molar-refractivity contribution in [2.75, 3.05) is 26.2 Å². The molecule has 0 N–H and O–H groups in total. The molecule has 2 aromatic rings. The van der Waals surface area contributed by atoms with Crippen molar-refractivity contribution in [2.24, 2.45) is 0 Å². The fourth-order valence-corrected chi connectivity index (χ4v) is 3.85. The Labute approximate surface area is 160 Å². The van der Waals surface area contributed by atoms with Gasteiger partial charge in [0.1, 0.15) is 5.69 Å². The number of carbonyl (C=O) groups is 2. The lowest BCUT2D eigenvalue weighted by atomic mass is 10.2. The molecular weight excluding hydrogens is 342 g/mol. The molecule has 1 aliphatic heterocycles. The molecule has 0 spiro atoms. The maximum absolute atomic E-state index is 13.1. The highest BCUT2D eigenvalue weighted by molar-refractivity contribution is 5.96. The molecule has 2 aromatic heterocycles. The van der Waals surface area contributed by atoms with Crippen LogP contribution in [0.1, 0.15) is 58.5 Å². The molecule has 0 radical (unpaired) electrons. The van der Waals surface area contributed by atoms with Gasteiger partial charge in [-0.25, -0.2) is 4.98 Å². The molecule has 1 aliphatic rings. The number of rotatable bonds is 3. The van der Waals surface area contributed by atoms with Gasteiger partial charge in [-0.1, -0.05) is 0 Å². The van der Waals surface area contributed by atoms with E-state index in [9.17, 15) is 9.59 Å². The van der Waals surface area contributed by atoms with Crippen molar-refractivity contribution in [3.63, 3.8) is 0 Å². The van der Waals surface area contributed by atoms with Crippen molar-refractivity contribution in [3.8, 4) is 0 Å². The van der Waals surface area contributed by atoms with E-state index in [-0.39, 0.29) is 11.8 Å². The van der Waals surface area contributed by atoms with E-state index in [0.717, 1.165) is 23.4 Å². The highest BCUT2D eigenvalue weighted by atomic mass is 16.2. The maximum Gasteiger partial charge on any atom is 0.274 e. The zero-order chi connectivity index (χ0) is 19.6. The van der Waals surface area contributed by atoms with Crippen LogP contribution in [-0.2, 0) is 0 Å². The average Bonchev–Trinajstić information content (AvgIpc) is 2.83. The standard InChI is InChI=1S/C20H27N5O2/c1-14(2)25-15(3)12-17(16(25)4)19(26)23-8-5-9-24(11-10-23)20(27)18-13-21-6-7-22-18/h6-7,12-14H,5,8-11H2,1-4H3. The molecule has 2 amide bonds. The third-order valence-electron chi connectivity index (χ3n) is 5.08. The van der Waals surface area contributed by atoms with E-state index in [0.29, 0.717) is 37.9 Å². The van der Waals surface area contributed by atoms with E-state index >= 15 is 0 Å². The Morgan fingerprint density at radius 3 is 2.22 bits per heavy atom. The van der Waals surface area contributed by atoms with Crippen LogP contribution in [0.15, 0.2) is 24.7 Å². The first-order chi connectivity index (χ1) is 12.9. The summed E-state index contributed by atoms with van der Waals surface area (Å²) in [6.45, 7) is 10.6. The van der Waals surface area contributed by atoms with Crippen LogP contribution in [-0.4, -0.2) is 62.3 Å². The number of hydrogen-bond acceptors (Lipinski definition) is 4. The summed E-state index contributed by atoms with van der Waals surface area (Å²) < 4.78 is 2.19. The third kappa shape index (κ3) is 3.86. The predicted octanol–water partition coefficient (Wildman–Crippen LogP) is 2.46. The second kappa shape index (κ2) is 7.90. The first-order valence-corrected chi connectivity index (χ1v) is 9.43. The van der Waals surface area contributed by atoms with Gasteiger partial charge in [0.2, 0.25) is 0 Å². The van der Waals surface area contributed by atoms with Crippen LogP contribution in [0.5, 0.6) is 0 Å². The number of aryl methyl sites for hydroxylation is 1. The van der Waals surface area contributed by atoms with Crippen LogP contribution >= 0.6 is 0 Å². The van der Waals surface area contributed by atoms with Gasteiger partial charge in [0.05, 0.1) is 11.8 Å². The number of aromatic nitrogens is 3. The minimum Gasteiger partial charge on any atom is -0.346 e. The molecule has 0 aromatic carbocycles. The van der Waals surface area contributed by atoms with E-state index < -0.39 is 0 Å². The lowest BCUT2D eigenvalue weighted by Crippen LogP contribution is -2.37. The van der Waals surface area contributed by atoms with Crippen LogP contribution in [0.2, 0.25) is 0 Å². The Morgan fingerprint density at radius 2 is 1.67 bits per heavy atom. The van der Waals surface area contributed by atoms with E-state index in [1.165, 1.54) is 12.4 Å². The van der Waals surface area contributed by atoms with Crippen molar-refractivity contribution in [1.29, 1.82) is 0 Å². The lowest BCUT2D eigenvalue weighted by Gasteiger charge is -2.22. The van der Waals surface area contributed by atoms with Crippen molar-refractivity contribution >= 4 is 11.8 Å². The van der Waals surface area contributed by atoms with Crippen molar-refractivity contribution < 1.29 is 9.59 Å². The minimum atomic E-state index is -0.129. The second-order valence-corrected chi connectivity index (χ2v) is 7.28. The first-order valence-electron chi connectivity index (χ1n) is 9.43. The largest absolute Gasteiger partial charge is 0.346 e. The molecule has 0 atom stereocenters. The molecule has 0 bridgehead atoms. The summed E-state index contributed by atoms with van der Waals surface area (Å²) >= 11 is 0. The maximum atomic E-state index is 13.1. The highest BCUT2D eigenvalue weighted by Gasteiger charge is 2.26. The van der Waals surface area contributed by atoms with Crippen LogP contribution < -0.4 is 0 Å². The number of nitrogens with zero attached hydrogens (tertiary/aromatic N) is 5. The Hall–Kier alpha value is -2.70. The summed E-state index contributed by atoms with van der Waals surface area (Å²) in [5.41, 5.74) is 3.21. The zero-order valence-corrected chi connectivity index (χ0v) is 16.5. The Balaban J connectivity index is 1.72. The molecule has 0 saturated carbocycles. The summed E-state index contributed by atoms with van der Waals surface area (Å²) in [4.78, 5) is 37.4. The van der Waals surface area contributed by atoms with Crippen LogP contribution in [0.4, 0.5) is 0 Å². The number of amides is 2. The van der Waals surface area contributed by atoms with E-state index in [2.05, 4.69) is 28.4 Å². The van der Waals surface area contributed by atoms with Gasteiger partial charge in [-0.05, 0) is 40.2 Å². The van der Waals surface area contributed by atoms with Gasteiger partial charge in [-0.2, -0.15) is 0 Å². The van der Waals surface area contributed by atoms with Gasteiger partial charge >= 0.3 is 0 Å². The first kappa shape index (κ1) is 19.1. The van der Waals surface area contributed by atoms with Gasteiger partial charge in [0.15, 0.2) is 0 Å². The Morgan fingerprint density at radius 1 is 1.00 bits per heavy atom. The molecule has 7 nitrogen and oxygen atoms in total. The molecule has 0 unspecified atom stereocenters. The zero-order valence-electron chi connectivity index (χ0n) is 16.5. The topological polar surface area (TPSA) is 71.3 Å². The van der Waals surface area contributed by atoms with Crippen LogP contribution in [0, 0.1) is 13.8 Å². The Bertz CT molecular complexity index is 828. The van der Waals surface area contributed by atoms with Gasteiger partial charge in [-0.15, -0.1) is 0 Å². The molecule has 3 rings (SSSR count). The van der Waals surface area contributed by atoms with Crippen LogP contribution in [0.25, 0.3) is 0 Å². The van der Waals surface area contributed by atoms with Crippen molar-refractivity contribution in [2.45, 2.75) is 40.2 Å². The van der Waals surface area contributed by atoms with E-state index in [4.69, 9.17) is 0 Å². The molecule has 1 fully saturated rings. The molecule has 0 aliphatic carbocycles. The number of hydrogen-bond donors (Lipinski definition) is 0. The molecular formula is C20H27N5O2. The third-order valence-corrected chi connectivity index (χ3v) is 5.08. The Kier molecular flexibility index (Phi) is 5.58. The molecule has 27 heavy (non-hydrogen) atoms. The van der Waals surface area contributed by atoms with Crippen molar-refractivity contribution in [3.05, 3.63) is 47.3 Å². The number of carbonyl (C=O) groups excluding carboxylic acids is 2. The molecule has 144 valence electrons. The van der Waals surface area contributed by atoms with Crippen molar-refractivity contribution in [1.82, 2.24) is 24.3 Å². The summed E-state index contributed by atoms with van der Waals surface area (Å²) in [6.07, 6.45) is 5.30. The summed E-state index contributed by atoms with van der Waals surface area (Å²) in [5, 5.41) is 0. The average molecular weight is 369 g/mol. The van der Waals surface area contributed by atoms with E-state index in [1.54, 1.807) is 11.1 Å². The second-order valence-electron chi connectivity index (χ2n) is 7.28.